The summed E-state index contributed by atoms with van der Waals surface area (Å²) in [6.07, 6.45) is 0. The van der Waals surface area contributed by atoms with Crippen molar-refractivity contribution in [3.8, 4) is 0 Å². The third-order valence-corrected chi connectivity index (χ3v) is 0. The Morgan fingerprint density at radius 1 is 1.00 bits per heavy atom. The molecule has 0 saturated heterocycles. The van der Waals surface area contributed by atoms with Gasteiger partial charge in [0.25, 0.3) is 0 Å². The normalized spacial score (nSPS) is 4.40. The molecule has 0 fully saturated rings. The molecule has 0 heterocycles. The summed E-state index contributed by atoms with van der Waals surface area (Å²) < 4.78 is 0. The number of hydrogen-bond donors (Lipinski definition) is 0. The second kappa shape index (κ2) is 16.5. The van der Waals surface area contributed by atoms with Crippen molar-refractivity contribution in [2.24, 2.45) is 0 Å². The van der Waals surface area contributed by atoms with Gasteiger partial charge in [-0.2, -0.15) is 19.8 Å². The Balaban J connectivity index is -0.0000000200. The van der Waals surface area contributed by atoms with Gasteiger partial charge in [0.2, 0.25) is 0 Å². The van der Waals surface area contributed by atoms with Gasteiger partial charge >= 0.3 is 35.0 Å². The molecule has 0 amide bonds. The third-order valence-electron chi connectivity index (χ3n) is 0. The van der Waals surface area contributed by atoms with Crippen molar-refractivity contribution in [2.45, 2.75) is 0 Å². The Morgan fingerprint density at radius 2 is 1.00 bits per heavy atom. The molecule has 2 unspecified atom stereocenters. The molecule has 0 N–H and O–H groups in total. The van der Waals surface area contributed by atoms with Crippen LogP contribution in [0.2, 0.25) is 0 Å². The first-order valence-corrected chi connectivity index (χ1v) is 4.24. The molecule has 0 aliphatic rings. The van der Waals surface area contributed by atoms with E-state index in [0.717, 1.165) is 0 Å². The minimum atomic E-state index is -0.106. The van der Waals surface area contributed by atoms with Gasteiger partial charge in [-0.15, -0.1) is 0 Å². The first-order valence-electron chi connectivity index (χ1n) is 0.239. The summed E-state index contributed by atoms with van der Waals surface area (Å²) in [5, 5.41) is 0. The molecule has 0 aromatic rings. The predicted molar refractivity (Wildman–Crippen MR) is 33.9 cm³/mol. The summed E-state index contributed by atoms with van der Waals surface area (Å²) in [4.78, 5) is 0. The molecule has 0 rings (SSSR count). The van der Waals surface area contributed by atoms with Crippen molar-refractivity contribution < 1.29 is 15.9 Å². The fourth-order valence-electron chi connectivity index (χ4n) is 0. The second-order valence-electron chi connectivity index (χ2n) is 0.0452. The van der Waals surface area contributed by atoms with Crippen LogP contribution in [0.1, 0.15) is 0 Å². The molecule has 2 atom stereocenters. The average Bonchev–Trinajstić information content (AvgIpc) is 0.918. The van der Waals surface area contributed by atoms with Crippen molar-refractivity contribution in [1.29, 1.82) is 0 Å². The molecule has 0 nitrogen and oxygen atoms in total. The van der Waals surface area contributed by atoms with E-state index in [0.29, 0.717) is 0 Å². The number of hydrogen-bond acceptors (Lipinski definition) is 0. The quantitative estimate of drug-likeness (QED) is 0.448. The molecule has 5 heavy (non-hydrogen) atoms. The van der Waals surface area contributed by atoms with Crippen LogP contribution in [0.15, 0.2) is 0 Å². The molecule has 0 spiro atoms. The van der Waals surface area contributed by atoms with Crippen LogP contribution in [0, 0.1) is 0 Å². The minimum absolute atomic E-state index is 0. The van der Waals surface area contributed by atoms with Gasteiger partial charge in [0.05, 0.1) is 0 Å². The standard InChI is InChI=1S/2ClH.2H3P.Pd/h2*1H;2*1H3;/q;;;;+2/p-2. The van der Waals surface area contributed by atoms with E-state index in [4.69, 9.17) is 19.1 Å². The van der Waals surface area contributed by atoms with E-state index in [1.807, 2.05) is 0 Å². The SMILES string of the molecule is P.P.[Cl][Pd][Cl]. The van der Waals surface area contributed by atoms with Crippen molar-refractivity contribution in [3.63, 3.8) is 0 Å². The zero-order chi connectivity index (χ0) is 2.71. The summed E-state index contributed by atoms with van der Waals surface area (Å²) in [7, 11) is 9.63. The first-order chi connectivity index (χ1) is 1.41. The molecule has 0 aliphatic carbocycles. The zero-order valence-electron chi connectivity index (χ0n) is 2.49. The van der Waals surface area contributed by atoms with E-state index in [1.165, 1.54) is 0 Å². The van der Waals surface area contributed by atoms with Gasteiger partial charge in [0.15, 0.2) is 0 Å². The van der Waals surface area contributed by atoms with E-state index in [-0.39, 0.29) is 35.7 Å². The summed E-state index contributed by atoms with van der Waals surface area (Å²) in [6.45, 7) is 0. The molecule has 0 bridgehead atoms. The van der Waals surface area contributed by atoms with E-state index < -0.39 is 0 Å². The van der Waals surface area contributed by atoms with Crippen LogP contribution in [-0.4, -0.2) is 0 Å². The van der Waals surface area contributed by atoms with Gasteiger partial charge in [0, 0.05) is 0 Å². The second-order valence-corrected chi connectivity index (χ2v) is 2.41. The van der Waals surface area contributed by atoms with Crippen LogP contribution in [-0.2, 0) is 15.9 Å². The van der Waals surface area contributed by atoms with Gasteiger partial charge < -0.3 is 0 Å². The van der Waals surface area contributed by atoms with Crippen LogP contribution < -0.4 is 0 Å². The van der Waals surface area contributed by atoms with Gasteiger partial charge in [0.1, 0.15) is 0 Å². The third kappa shape index (κ3) is 23.2. The van der Waals surface area contributed by atoms with Crippen molar-refractivity contribution >= 4 is 38.9 Å². The fraction of sp³-hybridized carbons (Fsp3) is 0. The maximum absolute atomic E-state index is 4.81. The van der Waals surface area contributed by atoms with Crippen LogP contribution in [0.25, 0.3) is 0 Å². The van der Waals surface area contributed by atoms with E-state index in [2.05, 4.69) is 0 Å². The molecule has 5 heteroatoms. The summed E-state index contributed by atoms with van der Waals surface area (Å²) in [6, 6.07) is 0. The molecular formula is H6Cl2P2Pd. The molecule has 0 aliphatic heterocycles. The van der Waals surface area contributed by atoms with Crippen molar-refractivity contribution in [3.05, 3.63) is 0 Å². The first kappa shape index (κ1) is 15.7. The maximum atomic E-state index is 4.81. The van der Waals surface area contributed by atoms with Gasteiger partial charge in [-0.1, -0.05) is 0 Å². The molecule has 0 aromatic heterocycles. The Bertz CT molecular complexity index is 7.61. The summed E-state index contributed by atoms with van der Waals surface area (Å²) >= 11 is -0.106. The monoisotopic (exact) mass is 244 g/mol. The Hall–Kier alpha value is 2.10. The Morgan fingerprint density at radius 3 is 1.00 bits per heavy atom. The molecule has 0 saturated carbocycles. The van der Waals surface area contributed by atoms with Gasteiger partial charge in [-0.25, -0.2) is 0 Å². The van der Waals surface area contributed by atoms with Gasteiger partial charge in [-0.3, -0.25) is 0 Å². The predicted octanol–water partition coefficient (Wildman–Crippen LogP) is 1.49. The summed E-state index contributed by atoms with van der Waals surface area (Å²) in [5.74, 6) is 0. The zero-order valence-corrected chi connectivity index (χ0v) is 8.38. The van der Waals surface area contributed by atoms with Crippen molar-refractivity contribution in [1.82, 2.24) is 0 Å². The molecule has 0 radical (unpaired) electrons. The molecule has 40 valence electrons. The summed E-state index contributed by atoms with van der Waals surface area (Å²) in [5.41, 5.74) is 0. The van der Waals surface area contributed by atoms with Crippen LogP contribution in [0.4, 0.5) is 0 Å². The fourth-order valence-corrected chi connectivity index (χ4v) is 0. The molecular weight excluding hydrogens is 239 g/mol. The molecule has 0 aromatic carbocycles. The number of halogens is 2. The van der Waals surface area contributed by atoms with Crippen LogP contribution in [0.3, 0.4) is 0 Å². The number of rotatable bonds is 0. The van der Waals surface area contributed by atoms with E-state index in [9.17, 15) is 0 Å². The van der Waals surface area contributed by atoms with Crippen molar-refractivity contribution in [2.75, 3.05) is 0 Å². The topological polar surface area (TPSA) is 0 Å². The van der Waals surface area contributed by atoms with E-state index in [1.54, 1.807) is 0 Å². The van der Waals surface area contributed by atoms with Crippen LogP contribution in [0.5, 0.6) is 0 Å². The van der Waals surface area contributed by atoms with E-state index >= 15 is 0 Å². The Labute approximate surface area is 54.7 Å². The van der Waals surface area contributed by atoms with Crippen LogP contribution >= 0.6 is 38.9 Å². The average molecular weight is 245 g/mol. The Kier molecular flexibility index (Phi) is 51.9. The van der Waals surface area contributed by atoms with Gasteiger partial charge in [-0.05, 0) is 0 Å².